The van der Waals surface area contributed by atoms with Crippen LogP contribution in [0.15, 0.2) is 36.4 Å². The largest absolute Gasteiger partial charge is 0.484 e. The molecule has 0 aliphatic heterocycles. The minimum atomic E-state index is -0.455. The van der Waals surface area contributed by atoms with Crippen molar-refractivity contribution < 1.29 is 9.13 Å². The Morgan fingerprint density at radius 3 is 2.68 bits per heavy atom. The molecule has 4 heteroatoms. The summed E-state index contributed by atoms with van der Waals surface area (Å²) in [5, 5.41) is 0.274. The number of hydrogen-bond donors (Lipinski definition) is 1. The van der Waals surface area contributed by atoms with E-state index in [1.54, 1.807) is 12.1 Å². The van der Waals surface area contributed by atoms with Crippen LogP contribution < -0.4 is 10.5 Å². The van der Waals surface area contributed by atoms with Crippen molar-refractivity contribution >= 4 is 11.6 Å². The van der Waals surface area contributed by atoms with Gasteiger partial charge in [0.2, 0.25) is 0 Å². The zero-order valence-corrected chi connectivity index (χ0v) is 11.4. The number of hydrogen-bond acceptors (Lipinski definition) is 2. The molecule has 19 heavy (non-hydrogen) atoms. The molecule has 0 aromatic heterocycles. The van der Waals surface area contributed by atoms with Crippen LogP contribution in [-0.2, 0) is 13.2 Å². The molecule has 0 unspecified atom stereocenters. The molecule has 2 N–H and O–H groups in total. The Hall–Kier alpha value is -1.58. The second-order valence-electron chi connectivity index (χ2n) is 4.30. The quantitative estimate of drug-likeness (QED) is 0.923. The molecule has 0 saturated carbocycles. The highest BCUT2D eigenvalue weighted by atomic mass is 35.5. The molecule has 0 saturated heterocycles. The third-order valence-corrected chi connectivity index (χ3v) is 3.23. The van der Waals surface area contributed by atoms with Gasteiger partial charge in [-0.3, -0.25) is 0 Å². The van der Waals surface area contributed by atoms with Gasteiger partial charge in [-0.15, -0.1) is 0 Å². The third kappa shape index (κ3) is 3.25. The molecule has 0 fully saturated rings. The van der Waals surface area contributed by atoms with E-state index in [4.69, 9.17) is 22.1 Å². The van der Waals surface area contributed by atoms with E-state index >= 15 is 0 Å². The molecule has 0 spiro atoms. The Kier molecular flexibility index (Phi) is 4.40. The molecular weight excluding hydrogens is 265 g/mol. The maximum atomic E-state index is 13.5. The van der Waals surface area contributed by atoms with Gasteiger partial charge < -0.3 is 10.5 Å². The smallest absolute Gasteiger partial charge is 0.174 e. The molecule has 0 amide bonds. The summed E-state index contributed by atoms with van der Waals surface area (Å²) >= 11 is 5.90. The lowest BCUT2D eigenvalue weighted by Gasteiger charge is -2.11. The van der Waals surface area contributed by atoms with Gasteiger partial charge in [0.05, 0.1) is 5.02 Å². The standard InChI is InChI=1S/C15H15ClFNO/c1-10-7-11(8-18)5-6-12(10)9-19-15-13(16)3-2-4-14(15)17/h2-7H,8-9,18H2,1H3. The van der Waals surface area contributed by atoms with Crippen molar-refractivity contribution in [3.05, 3.63) is 63.9 Å². The topological polar surface area (TPSA) is 35.2 Å². The minimum Gasteiger partial charge on any atom is -0.484 e. The van der Waals surface area contributed by atoms with Crippen LogP contribution in [-0.4, -0.2) is 0 Å². The second-order valence-corrected chi connectivity index (χ2v) is 4.71. The Labute approximate surface area is 117 Å². The van der Waals surface area contributed by atoms with E-state index in [0.717, 1.165) is 16.7 Å². The van der Waals surface area contributed by atoms with Gasteiger partial charge in [0, 0.05) is 6.54 Å². The fourth-order valence-electron chi connectivity index (χ4n) is 1.82. The average molecular weight is 280 g/mol. The number of ether oxygens (including phenoxy) is 1. The van der Waals surface area contributed by atoms with Gasteiger partial charge in [-0.05, 0) is 35.7 Å². The normalized spacial score (nSPS) is 10.5. The molecule has 2 nitrogen and oxygen atoms in total. The van der Waals surface area contributed by atoms with Gasteiger partial charge in [-0.2, -0.15) is 0 Å². The van der Waals surface area contributed by atoms with E-state index in [9.17, 15) is 4.39 Å². The van der Waals surface area contributed by atoms with E-state index in [1.165, 1.54) is 6.07 Å². The fourth-order valence-corrected chi connectivity index (χ4v) is 2.03. The molecule has 100 valence electrons. The number of benzene rings is 2. The van der Waals surface area contributed by atoms with Crippen LogP contribution in [0.1, 0.15) is 16.7 Å². The van der Waals surface area contributed by atoms with E-state index in [2.05, 4.69) is 0 Å². The van der Waals surface area contributed by atoms with E-state index in [-0.39, 0.29) is 17.4 Å². The molecule has 0 bridgehead atoms. The average Bonchev–Trinajstić information content (AvgIpc) is 2.39. The van der Waals surface area contributed by atoms with Gasteiger partial charge in [-0.1, -0.05) is 35.9 Å². The lowest BCUT2D eigenvalue weighted by atomic mass is 10.1. The van der Waals surface area contributed by atoms with Crippen LogP contribution in [0.2, 0.25) is 5.02 Å². The first-order valence-corrected chi connectivity index (χ1v) is 6.35. The summed E-state index contributed by atoms with van der Waals surface area (Å²) < 4.78 is 19.0. The second kappa shape index (κ2) is 6.04. The molecule has 0 heterocycles. The van der Waals surface area contributed by atoms with Crippen molar-refractivity contribution in [3.63, 3.8) is 0 Å². The van der Waals surface area contributed by atoms with Crippen LogP contribution >= 0.6 is 11.6 Å². The Morgan fingerprint density at radius 2 is 2.05 bits per heavy atom. The molecule has 2 aromatic rings. The first-order valence-electron chi connectivity index (χ1n) is 5.97. The molecule has 0 aliphatic rings. The number of halogens is 2. The first-order chi connectivity index (χ1) is 9.11. The molecule has 2 rings (SSSR count). The Morgan fingerprint density at radius 1 is 1.26 bits per heavy atom. The van der Waals surface area contributed by atoms with Crippen LogP contribution in [0.3, 0.4) is 0 Å². The van der Waals surface area contributed by atoms with E-state index < -0.39 is 5.82 Å². The van der Waals surface area contributed by atoms with E-state index in [1.807, 2.05) is 25.1 Å². The summed E-state index contributed by atoms with van der Waals surface area (Å²) in [7, 11) is 0. The predicted octanol–water partition coefficient (Wildman–Crippen LogP) is 3.83. The summed E-state index contributed by atoms with van der Waals surface area (Å²) in [5.41, 5.74) is 8.68. The van der Waals surface area contributed by atoms with Crippen molar-refractivity contribution in [2.45, 2.75) is 20.1 Å². The van der Waals surface area contributed by atoms with Gasteiger partial charge in [0.25, 0.3) is 0 Å². The number of para-hydroxylation sites is 1. The molecule has 2 aromatic carbocycles. The SMILES string of the molecule is Cc1cc(CN)ccc1COc1c(F)cccc1Cl. The van der Waals surface area contributed by atoms with Crippen molar-refractivity contribution in [2.24, 2.45) is 5.73 Å². The van der Waals surface area contributed by atoms with Crippen molar-refractivity contribution in [1.29, 1.82) is 0 Å². The molecular formula is C15H15ClFNO. The maximum Gasteiger partial charge on any atom is 0.174 e. The summed E-state index contributed by atoms with van der Waals surface area (Å²) in [6.07, 6.45) is 0. The van der Waals surface area contributed by atoms with Gasteiger partial charge in [-0.25, -0.2) is 4.39 Å². The molecule has 0 atom stereocenters. The fraction of sp³-hybridized carbons (Fsp3) is 0.200. The zero-order valence-electron chi connectivity index (χ0n) is 10.6. The molecule has 0 radical (unpaired) electrons. The van der Waals surface area contributed by atoms with E-state index in [0.29, 0.717) is 6.54 Å². The highest BCUT2D eigenvalue weighted by Gasteiger charge is 2.09. The summed E-state index contributed by atoms with van der Waals surface area (Å²) in [6.45, 7) is 2.75. The number of nitrogens with two attached hydrogens (primary N) is 1. The summed E-state index contributed by atoms with van der Waals surface area (Å²) in [4.78, 5) is 0. The molecule has 0 aliphatic carbocycles. The Bertz CT molecular complexity index is 566. The summed E-state index contributed by atoms with van der Waals surface area (Å²) in [5.74, 6) is -0.366. The van der Waals surface area contributed by atoms with Gasteiger partial charge in [0.1, 0.15) is 6.61 Å². The van der Waals surface area contributed by atoms with Crippen LogP contribution in [0.25, 0.3) is 0 Å². The minimum absolute atomic E-state index is 0.0893. The first kappa shape index (κ1) is 13.8. The predicted molar refractivity (Wildman–Crippen MR) is 74.8 cm³/mol. The zero-order chi connectivity index (χ0) is 13.8. The number of aryl methyl sites for hydroxylation is 1. The van der Waals surface area contributed by atoms with Crippen LogP contribution in [0.5, 0.6) is 5.75 Å². The van der Waals surface area contributed by atoms with Gasteiger partial charge >= 0.3 is 0 Å². The van der Waals surface area contributed by atoms with Gasteiger partial charge in [0.15, 0.2) is 11.6 Å². The third-order valence-electron chi connectivity index (χ3n) is 2.93. The van der Waals surface area contributed by atoms with Crippen LogP contribution in [0, 0.1) is 12.7 Å². The van der Waals surface area contributed by atoms with Crippen molar-refractivity contribution in [1.82, 2.24) is 0 Å². The lowest BCUT2D eigenvalue weighted by molar-refractivity contribution is 0.290. The summed E-state index contributed by atoms with van der Waals surface area (Å²) in [6, 6.07) is 10.4. The number of rotatable bonds is 4. The highest BCUT2D eigenvalue weighted by Crippen LogP contribution is 2.28. The monoisotopic (exact) mass is 279 g/mol. The van der Waals surface area contributed by atoms with Crippen LogP contribution in [0.4, 0.5) is 4.39 Å². The maximum absolute atomic E-state index is 13.5. The van der Waals surface area contributed by atoms with Crippen molar-refractivity contribution in [3.8, 4) is 5.75 Å². The van der Waals surface area contributed by atoms with Crippen molar-refractivity contribution in [2.75, 3.05) is 0 Å². The lowest BCUT2D eigenvalue weighted by Crippen LogP contribution is -2.02. The Balaban J connectivity index is 2.15. The highest BCUT2D eigenvalue weighted by molar-refractivity contribution is 6.32.